The number of rotatable bonds is 11. The molecule has 0 unspecified atom stereocenters. The minimum atomic E-state index is -1.09. The number of methoxy groups -OCH3 is 2. The van der Waals surface area contributed by atoms with E-state index >= 15 is 0 Å². The van der Waals surface area contributed by atoms with Crippen LogP contribution < -0.4 is 19.7 Å². The summed E-state index contributed by atoms with van der Waals surface area (Å²) in [5.41, 5.74) is 2.85. The van der Waals surface area contributed by atoms with Gasteiger partial charge in [-0.2, -0.15) is 4.68 Å². The van der Waals surface area contributed by atoms with Gasteiger partial charge in [-0.1, -0.05) is 29.5 Å². The zero-order valence-corrected chi connectivity index (χ0v) is 24.2. The second kappa shape index (κ2) is 12.9. The third kappa shape index (κ3) is 5.92. The van der Waals surface area contributed by atoms with E-state index in [-0.39, 0.29) is 18.6 Å². The molecule has 6 rings (SSSR count). The van der Waals surface area contributed by atoms with Gasteiger partial charge >= 0.3 is 0 Å². The van der Waals surface area contributed by atoms with Crippen molar-refractivity contribution in [2.75, 3.05) is 32.3 Å². The summed E-state index contributed by atoms with van der Waals surface area (Å²) in [5.74, 6) is 0.149. The minimum Gasteiger partial charge on any atom is -0.497 e. The number of hydrogen-bond acceptors (Lipinski definition) is 10. The third-order valence-electron chi connectivity index (χ3n) is 7.46. The number of anilines is 1. The van der Waals surface area contributed by atoms with Crippen molar-refractivity contribution in [3.63, 3.8) is 0 Å². The summed E-state index contributed by atoms with van der Waals surface area (Å²) in [6, 6.07) is 18.5. The molecule has 1 fully saturated rings. The van der Waals surface area contributed by atoms with Crippen LogP contribution in [0.3, 0.4) is 0 Å². The number of aromatic nitrogens is 7. The van der Waals surface area contributed by atoms with Crippen LogP contribution in [0.15, 0.2) is 73.1 Å². The van der Waals surface area contributed by atoms with Crippen LogP contribution in [-0.4, -0.2) is 80.5 Å². The first-order valence-electron chi connectivity index (χ1n) is 14.1. The molecule has 0 saturated carbocycles. The Morgan fingerprint density at radius 2 is 1.95 bits per heavy atom. The van der Waals surface area contributed by atoms with E-state index in [0.29, 0.717) is 52.6 Å². The van der Waals surface area contributed by atoms with Gasteiger partial charge in [0.15, 0.2) is 0 Å². The van der Waals surface area contributed by atoms with Crippen molar-refractivity contribution in [3.05, 3.63) is 78.6 Å². The summed E-state index contributed by atoms with van der Waals surface area (Å²) in [6.45, 7) is 0.789. The van der Waals surface area contributed by atoms with Crippen LogP contribution >= 0.6 is 0 Å². The van der Waals surface area contributed by atoms with E-state index in [9.17, 15) is 9.59 Å². The maximum Gasteiger partial charge on any atom is 0.249 e. The summed E-state index contributed by atoms with van der Waals surface area (Å²) in [4.78, 5) is 30.0. The van der Waals surface area contributed by atoms with E-state index in [1.54, 1.807) is 49.6 Å². The molecule has 1 aliphatic heterocycles. The second-order valence-corrected chi connectivity index (χ2v) is 10.2. The van der Waals surface area contributed by atoms with Crippen LogP contribution in [0.25, 0.3) is 16.7 Å². The van der Waals surface area contributed by atoms with Gasteiger partial charge in [0, 0.05) is 24.9 Å². The van der Waals surface area contributed by atoms with Gasteiger partial charge in [-0.15, -0.1) is 10.2 Å². The van der Waals surface area contributed by atoms with Gasteiger partial charge in [-0.25, -0.2) is 4.68 Å². The number of carbonyl (C=O) groups is 2. The zero-order valence-electron chi connectivity index (χ0n) is 24.2. The van der Waals surface area contributed by atoms with Gasteiger partial charge in [0.2, 0.25) is 11.8 Å². The summed E-state index contributed by atoms with van der Waals surface area (Å²) >= 11 is 0. The molecule has 14 heteroatoms. The molecule has 0 spiro atoms. The Morgan fingerprint density at radius 1 is 1.07 bits per heavy atom. The molecule has 226 valence electrons. The van der Waals surface area contributed by atoms with E-state index in [0.717, 1.165) is 12.8 Å². The fourth-order valence-corrected chi connectivity index (χ4v) is 5.30. The highest BCUT2D eigenvalue weighted by molar-refractivity contribution is 6.02. The Kier molecular flexibility index (Phi) is 8.41. The van der Waals surface area contributed by atoms with Gasteiger partial charge in [0.25, 0.3) is 0 Å². The molecule has 1 N–H and O–H groups in total. The van der Waals surface area contributed by atoms with Crippen LogP contribution in [0.2, 0.25) is 0 Å². The van der Waals surface area contributed by atoms with Crippen molar-refractivity contribution >= 4 is 28.5 Å². The summed E-state index contributed by atoms with van der Waals surface area (Å²) in [6.07, 6.45) is 3.13. The molecule has 14 nitrogen and oxygen atoms in total. The molecule has 0 radical (unpaired) electrons. The predicted molar refractivity (Wildman–Crippen MR) is 158 cm³/mol. The minimum absolute atomic E-state index is 0.0914. The number of benzene rings is 3. The normalized spacial score (nSPS) is 15.2. The summed E-state index contributed by atoms with van der Waals surface area (Å²) in [7, 11) is 3.06. The third-order valence-corrected chi connectivity index (χ3v) is 7.46. The van der Waals surface area contributed by atoms with Crippen LogP contribution in [0.4, 0.5) is 5.69 Å². The van der Waals surface area contributed by atoms with Gasteiger partial charge < -0.3 is 19.5 Å². The predicted octanol–water partition coefficient (Wildman–Crippen LogP) is 2.49. The first-order chi connectivity index (χ1) is 21.6. The van der Waals surface area contributed by atoms with Crippen LogP contribution in [0.5, 0.6) is 11.5 Å². The molecular weight excluding hydrogens is 566 g/mol. The largest absolute Gasteiger partial charge is 0.497 e. The average molecular weight is 598 g/mol. The lowest BCUT2D eigenvalue weighted by Gasteiger charge is -2.32. The number of fused-ring (bicyclic) bond motifs is 1. The number of carbonyl (C=O) groups excluding carboxylic acids is 2. The lowest BCUT2D eigenvalue weighted by atomic mass is 10.0. The van der Waals surface area contributed by atoms with E-state index in [1.807, 2.05) is 24.3 Å². The van der Waals surface area contributed by atoms with Crippen molar-refractivity contribution < 1.29 is 23.8 Å². The van der Waals surface area contributed by atoms with Gasteiger partial charge in [0.1, 0.15) is 41.6 Å². The quantitative estimate of drug-likeness (QED) is 0.240. The maximum absolute atomic E-state index is 14.4. The fourth-order valence-electron chi connectivity index (χ4n) is 5.30. The number of hydrogen-bond donors (Lipinski definition) is 1. The first-order valence-corrected chi connectivity index (χ1v) is 14.1. The maximum atomic E-state index is 14.4. The van der Waals surface area contributed by atoms with Crippen molar-refractivity contribution in [2.24, 2.45) is 0 Å². The molecular formula is C30H31N9O5. The van der Waals surface area contributed by atoms with Crippen LogP contribution in [0.1, 0.15) is 24.4 Å². The molecule has 1 aliphatic rings. The summed E-state index contributed by atoms with van der Waals surface area (Å²) < 4.78 is 19.9. The Hall–Kier alpha value is -5.37. The van der Waals surface area contributed by atoms with Crippen LogP contribution in [-0.2, 0) is 20.9 Å². The molecule has 2 amide bonds. The lowest BCUT2D eigenvalue weighted by Crippen LogP contribution is -2.46. The molecule has 2 aromatic heterocycles. The molecule has 0 bridgehead atoms. The average Bonchev–Trinajstić information content (AvgIpc) is 3.86. The SMILES string of the molecule is COc1cccc([C@H](C(=O)NC[C@@H]2CCCO2)N(C(=O)Cn2nnc3ccccc32)c2ccc(-n3cnnn3)c(OC)c2)c1. The zero-order chi connectivity index (χ0) is 30.5. The first kappa shape index (κ1) is 28.7. The van der Waals surface area contributed by atoms with E-state index in [1.165, 1.54) is 27.7 Å². The highest BCUT2D eigenvalue weighted by atomic mass is 16.5. The topological polar surface area (TPSA) is 151 Å². The smallest absolute Gasteiger partial charge is 0.249 e. The highest BCUT2D eigenvalue weighted by Crippen LogP contribution is 2.35. The number of nitrogens with one attached hydrogen (secondary N) is 1. The number of ether oxygens (including phenoxy) is 3. The number of amides is 2. The van der Waals surface area contributed by atoms with E-state index in [4.69, 9.17) is 14.2 Å². The summed E-state index contributed by atoms with van der Waals surface area (Å²) in [5, 5.41) is 22.8. The van der Waals surface area contributed by atoms with Crippen LogP contribution in [0, 0.1) is 0 Å². The van der Waals surface area contributed by atoms with Crippen molar-refractivity contribution in [1.82, 2.24) is 40.5 Å². The van der Waals surface area contributed by atoms with Crippen molar-refractivity contribution in [1.29, 1.82) is 0 Å². The molecule has 1 saturated heterocycles. The Bertz CT molecular complexity index is 1750. The van der Waals surface area contributed by atoms with Gasteiger partial charge in [0.05, 0.1) is 25.8 Å². The molecule has 2 atom stereocenters. The van der Waals surface area contributed by atoms with Crippen molar-refractivity contribution in [2.45, 2.75) is 31.5 Å². The van der Waals surface area contributed by atoms with E-state index < -0.39 is 11.9 Å². The fraction of sp³-hybridized carbons (Fsp3) is 0.300. The number of para-hydroxylation sites is 1. The monoisotopic (exact) mass is 597 g/mol. The number of tetrazole rings is 1. The Morgan fingerprint density at radius 3 is 2.73 bits per heavy atom. The van der Waals surface area contributed by atoms with Gasteiger partial charge in [-0.05, 0) is 65.2 Å². The second-order valence-electron chi connectivity index (χ2n) is 10.2. The van der Waals surface area contributed by atoms with Gasteiger partial charge in [-0.3, -0.25) is 14.5 Å². The van der Waals surface area contributed by atoms with E-state index in [2.05, 4.69) is 31.2 Å². The molecule has 3 aromatic carbocycles. The molecule has 44 heavy (non-hydrogen) atoms. The molecule has 5 aromatic rings. The standard InChI is InChI=1S/C30H31N9O5/c1-42-22-8-5-7-20(15-22)29(30(41)31-17-23-9-6-14-44-23)39(28(40)18-37-25-11-4-3-10-24(25)33-35-37)21-12-13-26(27(16-21)43-2)38-19-32-34-36-38/h3-5,7-8,10-13,15-16,19,23,29H,6,9,14,17-18H2,1-2H3,(H,31,41)/t23-,29+/m0/s1. The Labute approximate surface area is 252 Å². The lowest BCUT2D eigenvalue weighted by molar-refractivity contribution is -0.127. The van der Waals surface area contributed by atoms with Crippen molar-refractivity contribution in [3.8, 4) is 17.2 Å². The molecule has 0 aliphatic carbocycles. The molecule has 3 heterocycles. The highest BCUT2D eigenvalue weighted by Gasteiger charge is 2.35. The Balaban J connectivity index is 1.45. The number of nitrogens with zero attached hydrogens (tertiary/aromatic N) is 8.